The molecule has 196 valence electrons. The van der Waals surface area contributed by atoms with E-state index in [1.54, 1.807) is 0 Å². The van der Waals surface area contributed by atoms with E-state index in [1.165, 1.54) is 40.1 Å². The van der Waals surface area contributed by atoms with Crippen LogP contribution in [0.15, 0.2) is 97.1 Å². The van der Waals surface area contributed by atoms with Crippen molar-refractivity contribution >= 4 is 47.8 Å². The van der Waals surface area contributed by atoms with Crippen molar-refractivity contribution in [3.05, 3.63) is 119 Å². The average Bonchev–Trinajstić information content (AvgIpc) is 2.95. The summed E-state index contributed by atoms with van der Waals surface area (Å²) in [6.07, 6.45) is 0. The molecule has 0 bridgehead atoms. The second-order valence-electron chi connectivity index (χ2n) is 9.34. The van der Waals surface area contributed by atoms with Crippen molar-refractivity contribution in [1.82, 2.24) is 21.3 Å². The molecule has 0 amide bonds. The summed E-state index contributed by atoms with van der Waals surface area (Å²) in [6.45, 7) is 7.41. The summed E-state index contributed by atoms with van der Waals surface area (Å²) in [6, 6.07) is 35.7. The van der Waals surface area contributed by atoms with Crippen LogP contribution in [0.5, 0.6) is 0 Å². The molecule has 0 spiro atoms. The van der Waals surface area contributed by atoms with Crippen LogP contribution in [0.1, 0.15) is 22.3 Å². The summed E-state index contributed by atoms with van der Waals surface area (Å²) in [5, 5.41) is 14.7. The Labute approximate surface area is 239 Å². The molecule has 1 heterocycles. The molecule has 0 aliphatic carbocycles. The van der Waals surface area contributed by atoms with Crippen LogP contribution >= 0.6 is 0 Å². The van der Waals surface area contributed by atoms with Crippen molar-refractivity contribution in [2.75, 3.05) is 26.2 Å². The molecule has 4 nitrogen and oxygen atoms in total. The number of nitrogens with one attached hydrogen (secondary N) is 4. The van der Waals surface area contributed by atoms with E-state index < -0.39 is 0 Å². The van der Waals surface area contributed by atoms with Gasteiger partial charge in [-0.05, 0) is 0 Å². The Morgan fingerprint density at radius 1 is 0.342 bits per heavy atom. The molecule has 0 fully saturated rings. The van der Waals surface area contributed by atoms with Gasteiger partial charge >= 0.3 is 241 Å². The Balaban J connectivity index is 1.32. The molecule has 5 rings (SSSR count). The van der Waals surface area contributed by atoms with Crippen LogP contribution in [-0.2, 0) is 26.2 Å². The Hall–Kier alpha value is -2.24. The van der Waals surface area contributed by atoms with Crippen LogP contribution < -0.4 is 39.1 Å². The standard InChI is InChI=1S/C32H36N4Se2/c1-5-13-29-25(9-1)21-33-17-18-34-23-27-11-3-7-15-31(27)38-32-16-8-4-12-28(32)24-36-20-19-35-22-26-10-2-6-14-30(26)37-29/h1-16,33-36H,17-24H2. The van der Waals surface area contributed by atoms with Crippen molar-refractivity contribution in [1.29, 1.82) is 0 Å². The second-order valence-corrected chi connectivity index (χ2v) is 13.9. The number of fused-ring (bicyclic) bond motifs is 4. The molecule has 0 radical (unpaired) electrons. The van der Waals surface area contributed by atoms with Crippen LogP contribution in [0.4, 0.5) is 0 Å². The van der Waals surface area contributed by atoms with E-state index in [0.29, 0.717) is 0 Å². The Kier molecular flexibility index (Phi) is 10.6. The zero-order valence-corrected chi connectivity index (χ0v) is 25.1. The van der Waals surface area contributed by atoms with Gasteiger partial charge < -0.3 is 0 Å². The summed E-state index contributed by atoms with van der Waals surface area (Å²) >= 11 is 0.554. The van der Waals surface area contributed by atoms with Gasteiger partial charge in [-0.3, -0.25) is 0 Å². The fourth-order valence-corrected chi connectivity index (χ4v) is 8.98. The van der Waals surface area contributed by atoms with E-state index in [9.17, 15) is 0 Å². The average molecular weight is 635 g/mol. The number of hydrogen-bond acceptors (Lipinski definition) is 4. The van der Waals surface area contributed by atoms with Gasteiger partial charge in [0.15, 0.2) is 0 Å². The monoisotopic (exact) mass is 636 g/mol. The zero-order chi connectivity index (χ0) is 25.8. The predicted molar refractivity (Wildman–Crippen MR) is 163 cm³/mol. The normalized spacial score (nSPS) is 16.0. The fourth-order valence-electron chi connectivity index (χ4n) is 4.48. The van der Waals surface area contributed by atoms with Gasteiger partial charge in [0.1, 0.15) is 0 Å². The minimum atomic E-state index is 0.277. The van der Waals surface area contributed by atoms with Gasteiger partial charge in [-0.25, -0.2) is 0 Å². The van der Waals surface area contributed by atoms with Gasteiger partial charge in [0.2, 0.25) is 0 Å². The third-order valence-electron chi connectivity index (χ3n) is 6.55. The molecule has 0 saturated heterocycles. The fraction of sp³-hybridized carbons (Fsp3) is 0.250. The van der Waals surface area contributed by atoms with E-state index in [-0.39, 0.29) is 29.9 Å². The first-order valence-corrected chi connectivity index (χ1v) is 16.8. The van der Waals surface area contributed by atoms with Gasteiger partial charge in [0.05, 0.1) is 0 Å². The molecule has 0 unspecified atom stereocenters. The number of rotatable bonds is 0. The maximum absolute atomic E-state index is 3.67. The van der Waals surface area contributed by atoms with E-state index in [4.69, 9.17) is 0 Å². The van der Waals surface area contributed by atoms with Gasteiger partial charge in [0, 0.05) is 0 Å². The van der Waals surface area contributed by atoms with Crippen molar-refractivity contribution in [3.8, 4) is 0 Å². The molecule has 4 aromatic rings. The van der Waals surface area contributed by atoms with Gasteiger partial charge in [-0.2, -0.15) is 0 Å². The molecule has 4 N–H and O–H groups in total. The summed E-state index contributed by atoms with van der Waals surface area (Å²) in [5.41, 5.74) is 5.64. The summed E-state index contributed by atoms with van der Waals surface area (Å²) < 4.78 is 5.86. The molecule has 1 aliphatic heterocycles. The maximum atomic E-state index is 3.67. The first kappa shape index (κ1) is 27.3. The molecular formula is C32H36N4Se2. The number of benzene rings is 4. The first-order chi connectivity index (χ1) is 18.9. The Bertz CT molecular complexity index is 1110. The van der Waals surface area contributed by atoms with E-state index in [2.05, 4.69) is 118 Å². The van der Waals surface area contributed by atoms with Gasteiger partial charge in [-0.15, -0.1) is 0 Å². The van der Waals surface area contributed by atoms with Crippen LogP contribution in [0.25, 0.3) is 0 Å². The van der Waals surface area contributed by atoms with E-state index in [0.717, 1.165) is 52.4 Å². The van der Waals surface area contributed by atoms with Crippen LogP contribution in [0, 0.1) is 0 Å². The summed E-state index contributed by atoms with van der Waals surface area (Å²) in [4.78, 5) is 0. The molecular weight excluding hydrogens is 598 g/mol. The molecule has 0 aromatic heterocycles. The van der Waals surface area contributed by atoms with Crippen molar-refractivity contribution in [3.63, 3.8) is 0 Å². The molecule has 6 heteroatoms. The zero-order valence-electron chi connectivity index (χ0n) is 21.7. The van der Waals surface area contributed by atoms with Crippen molar-refractivity contribution in [2.45, 2.75) is 26.2 Å². The Morgan fingerprint density at radius 3 is 0.842 bits per heavy atom. The molecule has 0 saturated carbocycles. The molecule has 1 aliphatic rings. The van der Waals surface area contributed by atoms with Gasteiger partial charge in [-0.1, -0.05) is 0 Å². The molecule has 38 heavy (non-hydrogen) atoms. The number of hydrogen-bond donors (Lipinski definition) is 4. The minimum absolute atomic E-state index is 0.277. The molecule has 4 aromatic carbocycles. The van der Waals surface area contributed by atoms with Crippen LogP contribution in [0.2, 0.25) is 0 Å². The summed E-state index contributed by atoms with van der Waals surface area (Å²) in [7, 11) is 0. The van der Waals surface area contributed by atoms with E-state index >= 15 is 0 Å². The van der Waals surface area contributed by atoms with Gasteiger partial charge in [0.25, 0.3) is 0 Å². The topological polar surface area (TPSA) is 48.1 Å². The molecule has 0 atom stereocenters. The van der Waals surface area contributed by atoms with Crippen molar-refractivity contribution < 1.29 is 0 Å². The van der Waals surface area contributed by atoms with E-state index in [1.807, 2.05) is 0 Å². The third-order valence-corrected chi connectivity index (χ3v) is 11.7. The second kappa shape index (κ2) is 14.8. The quantitative estimate of drug-likeness (QED) is 0.219. The van der Waals surface area contributed by atoms with Crippen LogP contribution in [-0.4, -0.2) is 56.1 Å². The third kappa shape index (κ3) is 7.89. The van der Waals surface area contributed by atoms with Crippen molar-refractivity contribution in [2.24, 2.45) is 0 Å². The van der Waals surface area contributed by atoms with Crippen LogP contribution in [0.3, 0.4) is 0 Å². The Morgan fingerprint density at radius 2 is 0.579 bits per heavy atom. The predicted octanol–water partition coefficient (Wildman–Crippen LogP) is 1.07. The SMILES string of the molecule is c1ccc2c(c1)CNCCNCc1ccccc1[Se]c1ccccc1CNCCNCc1ccccc1[Se]2. The first-order valence-electron chi connectivity index (χ1n) is 13.4. The summed E-state index contributed by atoms with van der Waals surface area (Å²) in [5.74, 6) is 0.